The van der Waals surface area contributed by atoms with Crippen LogP contribution < -0.4 is 0 Å². The molecule has 0 bridgehead atoms. The minimum absolute atomic E-state index is 0.00393. The molecule has 4 nitrogen and oxygen atoms in total. The van der Waals surface area contributed by atoms with Crippen molar-refractivity contribution in [3.05, 3.63) is 48.0 Å². The Morgan fingerprint density at radius 2 is 2.06 bits per heavy atom. The summed E-state index contributed by atoms with van der Waals surface area (Å²) in [5.74, 6) is -1.36. The van der Waals surface area contributed by atoms with E-state index >= 15 is 0 Å². The van der Waals surface area contributed by atoms with Crippen LogP contribution in [-0.2, 0) is 4.74 Å². The fourth-order valence-electron chi connectivity index (χ4n) is 1.51. The average Bonchev–Trinajstić information content (AvgIpc) is 2.71. The number of rotatable bonds is 2. The largest absolute Gasteiger partial charge is 0.505 e. The zero-order valence-electron chi connectivity index (χ0n) is 9.05. The Bertz CT molecular complexity index is 563. The summed E-state index contributed by atoms with van der Waals surface area (Å²) >= 11 is 0. The van der Waals surface area contributed by atoms with Gasteiger partial charge in [-0.1, -0.05) is 12.1 Å². The lowest BCUT2D eigenvalue weighted by Gasteiger charge is -2.02. The minimum atomic E-state index is -0.669. The van der Waals surface area contributed by atoms with E-state index in [0.717, 1.165) is 0 Å². The first-order chi connectivity index (χ1) is 8.13. The summed E-state index contributed by atoms with van der Waals surface area (Å²) in [5.41, 5.74) is 0.244. The molecule has 0 amide bonds. The van der Waals surface area contributed by atoms with Crippen LogP contribution in [0, 0.1) is 5.82 Å². The molecule has 5 heteroatoms. The average molecular weight is 235 g/mol. The van der Waals surface area contributed by atoms with Crippen molar-refractivity contribution in [1.29, 1.82) is 0 Å². The number of carbonyl (C=O) groups is 1. The van der Waals surface area contributed by atoms with Gasteiger partial charge in [-0.15, -0.1) is 0 Å². The third-order valence-corrected chi connectivity index (χ3v) is 2.34. The van der Waals surface area contributed by atoms with Crippen LogP contribution in [0.3, 0.4) is 0 Å². The van der Waals surface area contributed by atoms with Gasteiger partial charge in [-0.05, 0) is 12.1 Å². The highest BCUT2D eigenvalue weighted by Crippen LogP contribution is 2.23. The predicted molar refractivity (Wildman–Crippen MR) is 58.7 cm³/mol. The van der Waals surface area contributed by atoms with Gasteiger partial charge in [0.1, 0.15) is 17.1 Å². The Kier molecular flexibility index (Phi) is 2.82. The van der Waals surface area contributed by atoms with Crippen molar-refractivity contribution in [2.45, 2.75) is 0 Å². The fourth-order valence-corrected chi connectivity index (χ4v) is 1.51. The van der Waals surface area contributed by atoms with Crippen molar-refractivity contribution in [3.63, 3.8) is 0 Å². The number of benzene rings is 1. The number of aromatic hydroxyl groups is 1. The normalized spacial score (nSPS) is 10.2. The Hall–Kier alpha value is -2.30. The molecule has 0 unspecified atom stereocenters. The van der Waals surface area contributed by atoms with Crippen LogP contribution in [0.5, 0.6) is 5.75 Å². The van der Waals surface area contributed by atoms with Crippen LogP contribution in [0.25, 0.3) is 5.69 Å². The van der Waals surface area contributed by atoms with E-state index in [4.69, 9.17) is 0 Å². The number of aromatic nitrogens is 1. The molecule has 0 fully saturated rings. The zero-order chi connectivity index (χ0) is 12.4. The second-order valence-corrected chi connectivity index (χ2v) is 3.41. The van der Waals surface area contributed by atoms with E-state index in [0.29, 0.717) is 0 Å². The van der Waals surface area contributed by atoms with Gasteiger partial charge in [0.05, 0.1) is 19.0 Å². The number of hydrogen-bond donors (Lipinski definition) is 1. The molecule has 1 aromatic carbocycles. The first-order valence-electron chi connectivity index (χ1n) is 4.87. The highest BCUT2D eigenvalue weighted by Gasteiger charge is 2.16. The van der Waals surface area contributed by atoms with Crippen molar-refractivity contribution in [3.8, 4) is 11.4 Å². The molecule has 1 aromatic heterocycles. The molecule has 0 atom stereocenters. The monoisotopic (exact) mass is 235 g/mol. The number of halogens is 1. The second-order valence-electron chi connectivity index (χ2n) is 3.41. The van der Waals surface area contributed by atoms with Gasteiger partial charge in [0.15, 0.2) is 0 Å². The summed E-state index contributed by atoms with van der Waals surface area (Å²) in [6, 6.07) is 6.05. The van der Waals surface area contributed by atoms with E-state index < -0.39 is 11.8 Å². The molecule has 0 radical (unpaired) electrons. The molecule has 0 aliphatic carbocycles. The first-order valence-corrected chi connectivity index (χ1v) is 4.87. The molecule has 2 aromatic rings. The van der Waals surface area contributed by atoms with Crippen LogP contribution in [-0.4, -0.2) is 22.8 Å². The summed E-state index contributed by atoms with van der Waals surface area (Å²) in [4.78, 5) is 11.3. The summed E-state index contributed by atoms with van der Waals surface area (Å²) in [5, 5.41) is 9.54. The van der Waals surface area contributed by atoms with E-state index in [1.165, 1.54) is 36.2 Å². The van der Waals surface area contributed by atoms with Gasteiger partial charge < -0.3 is 14.4 Å². The standard InChI is InChI=1S/C12H10FNO3/c1-17-12(16)8-6-14(7-11(8)15)10-5-3-2-4-9(10)13/h2-7,15H,1H3. The Labute approximate surface area is 96.9 Å². The number of methoxy groups -OCH3 is 1. The molecule has 0 aliphatic heterocycles. The predicted octanol–water partition coefficient (Wildman–Crippen LogP) is 2.11. The van der Waals surface area contributed by atoms with Gasteiger partial charge in [0.2, 0.25) is 0 Å². The Morgan fingerprint density at radius 3 is 2.71 bits per heavy atom. The van der Waals surface area contributed by atoms with Crippen LogP contribution in [0.15, 0.2) is 36.7 Å². The summed E-state index contributed by atoms with van der Waals surface area (Å²) < 4.78 is 19.3. The number of esters is 1. The zero-order valence-corrected chi connectivity index (χ0v) is 9.05. The SMILES string of the molecule is COC(=O)c1cn(-c2ccccc2F)cc1O. The summed E-state index contributed by atoms with van der Waals surface area (Å²) in [6.45, 7) is 0. The van der Waals surface area contributed by atoms with Gasteiger partial charge in [-0.3, -0.25) is 0 Å². The van der Waals surface area contributed by atoms with Crippen molar-refractivity contribution in [2.24, 2.45) is 0 Å². The lowest BCUT2D eigenvalue weighted by atomic mass is 10.3. The topological polar surface area (TPSA) is 51.5 Å². The van der Waals surface area contributed by atoms with Crippen LogP contribution >= 0.6 is 0 Å². The Morgan fingerprint density at radius 1 is 1.35 bits per heavy atom. The minimum Gasteiger partial charge on any atom is -0.505 e. The summed E-state index contributed by atoms with van der Waals surface area (Å²) in [7, 11) is 1.21. The number of nitrogens with zero attached hydrogens (tertiary/aromatic N) is 1. The fraction of sp³-hybridized carbons (Fsp3) is 0.0833. The van der Waals surface area contributed by atoms with Gasteiger partial charge in [-0.2, -0.15) is 0 Å². The second kappa shape index (κ2) is 4.29. The van der Waals surface area contributed by atoms with Crippen LogP contribution in [0.2, 0.25) is 0 Å². The maximum Gasteiger partial charge on any atom is 0.343 e. The quantitative estimate of drug-likeness (QED) is 0.811. The van der Waals surface area contributed by atoms with Crippen molar-refractivity contribution in [2.75, 3.05) is 7.11 Å². The van der Waals surface area contributed by atoms with Gasteiger partial charge >= 0.3 is 5.97 Å². The van der Waals surface area contributed by atoms with Crippen LogP contribution in [0.4, 0.5) is 4.39 Å². The molecular weight excluding hydrogens is 225 g/mol. The lowest BCUT2D eigenvalue weighted by molar-refractivity contribution is 0.0598. The number of carbonyl (C=O) groups excluding carboxylic acids is 1. The molecular formula is C12H10FNO3. The summed E-state index contributed by atoms with van der Waals surface area (Å²) in [6.07, 6.45) is 2.57. The molecule has 17 heavy (non-hydrogen) atoms. The first kappa shape index (κ1) is 11.2. The van der Waals surface area contributed by atoms with E-state index in [1.807, 2.05) is 0 Å². The molecule has 1 N–H and O–H groups in total. The van der Waals surface area contributed by atoms with Gasteiger partial charge in [0, 0.05) is 6.20 Å². The van der Waals surface area contributed by atoms with E-state index in [2.05, 4.69) is 4.74 Å². The Balaban J connectivity index is 2.49. The molecule has 88 valence electrons. The maximum atomic E-state index is 13.5. The molecule has 2 rings (SSSR count). The highest BCUT2D eigenvalue weighted by atomic mass is 19.1. The molecule has 0 spiro atoms. The molecule has 0 saturated heterocycles. The number of hydrogen-bond acceptors (Lipinski definition) is 3. The molecule has 1 heterocycles. The van der Waals surface area contributed by atoms with Gasteiger partial charge in [-0.25, -0.2) is 9.18 Å². The smallest absolute Gasteiger partial charge is 0.343 e. The van der Waals surface area contributed by atoms with Gasteiger partial charge in [0.25, 0.3) is 0 Å². The van der Waals surface area contributed by atoms with E-state index in [-0.39, 0.29) is 17.0 Å². The van der Waals surface area contributed by atoms with Crippen molar-refractivity contribution < 1.29 is 19.0 Å². The molecule has 0 aliphatic rings. The van der Waals surface area contributed by atoms with Crippen molar-refractivity contribution in [1.82, 2.24) is 4.57 Å². The van der Waals surface area contributed by atoms with E-state index in [9.17, 15) is 14.3 Å². The van der Waals surface area contributed by atoms with Crippen molar-refractivity contribution >= 4 is 5.97 Å². The number of para-hydroxylation sites is 1. The molecule has 0 saturated carbocycles. The maximum absolute atomic E-state index is 13.5. The third kappa shape index (κ3) is 1.99. The van der Waals surface area contributed by atoms with E-state index in [1.54, 1.807) is 12.1 Å². The van der Waals surface area contributed by atoms with Crippen LogP contribution in [0.1, 0.15) is 10.4 Å². The highest BCUT2D eigenvalue weighted by molar-refractivity contribution is 5.92. The third-order valence-electron chi connectivity index (χ3n) is 2.34. The number of ether oxygens (including phenoxy) is 1. The lowest BCUT2D eigenvalue weighted by Crippen LogP contribution is -2.00.